The molecule has 0 saturated heterocycles. The minimum Gasteiger partial charge on any atom is -0.241 e. The van der Waals surface area contributed by atoms with E-state index in [-0.39, 0.29) is 16.5 Å². The Kier molecular flexibility index (Phi) is 5.01. The van der Waals surface area contributed by atoms with Crippen molar-refractivity contribution in [3.05, 3.63) is 70.2 Å². The van der Waals surface area contributed by atoms with Gasteiger partial charge in [0.15, 0.2) is 0 Å². The molecule has 0 aliphatic carbocycles. The molecule has 0 bridgehead atoms. The Hall–Kier alpha value is -1.73. The molecule has 124 valence electrons. The van der Waals surface area contributed by atoms with Crippen LogP contribution in [0.15, 0.2) is 59.5 Å². The van der Waals surface area contributed by atoms with Crippen LogP contribution in [0.3, 0.4) is 0 Å². The summed E-state index contributed by atoms with van der Waals surface area (Å²) in [5, 5.41) is 1.08. The average molecular weight is 379 g/mol. The summed E-state index contributed by atoms with van der Waals surface area (Å²) in [6.07, 6.45) is 0. The fourth-order valence-electron chi connectivity index (χ4n) is 2.20. The van der Waals surface area contributed by atoms with Crippen LogP contribution in [0.25, 0.3) is 10.6 Å². The number of aromatic nitrogens is 1. The summed E-state index contributed by atoms with van der Waals surface area (Å²) in [6, 6.07) is 16.2. The minimum absolute atomic E-state index is 0.0807. The van der Waals surface area contributed by atoms with E-state index in [1.54, 1.807) is 18.2 Å². The highest BCUT2D eigenvalue weighted by atomic mass is 35.5. The van der Waals surface area contributed by atoms with Gasteiger partial charge >= 0.3 is 0 Å². The smallest absolute Gasteiger partial charge is 0.241 e. The van der Waals surface area contributed by atoms with Crippen molar-refractivity contribution in [3.8, 4) is 10.6 Å². The lowest BCUT2D eigenvalue weighted by atomic mass is 10.2. The second-order valence-corrected chi connectivity index (χ2v) is 8.37. The standard InChI is InChI=1S/C17H15ClN2O2S2/c1-12-15(23-17(20-12)13-7-3-2-4-8-13)11-19-24(21,22)16-10-6-5-9-14(16)18/h2-10,19H,11H2,1H3. The first-order chi connectivity index (χ1) is 11.5. The van der Waals surface area contributed by atoms with E-state index in [4.69, 9.17) is 11.6 Å². The van der Waals surface area contributed by atoms with E-state index in [2.05, 4.69) is 9.71 Å². The van der Waals surface area contributed by atoms with Gasteiger partial charge in [-0.1, -0.05) is 54.1 Å². The highest BCUT2D eigenvalue weighted by Gasteiger charge is 2.18. The molecule has 3 aromatic rings. The van der Waals surface area contributed by atoms with Crippen molar-refractivity contribution in [2.75, 3.05) is 0 Å². The summed E-state index contributed by atoms with van der Waals surface area (Å²) < 4.78 is 27.4. The van der Waals surface area contributed by atoms with Crippen LogP contribution in [-0.2, 0) is 16.6 Å². The summed E-state index contributed by atoms with van der Waals surface area (Å²) in [5.74, 6) is 0. The van der Waals surface area contributed by atoms with Gasteiger partial charge in [0.05, 0.1) is 10.7 Å². The number of nitrogens with one attached hydrogen (secondary N) is 1. The number of benzene rings is 2. The summed E-state index contributed by atoms with van der Waals surface area (Å²) in [5.41, 5.74) is 1.84. The van der Waals surface area contributed by atoms with Crippen LogP contribution in [-0.4, -0.2) is 13.4 Å². The second-order valence-electron chi connectivity index (χ2n) is 5.15. The number of nitrogens with zero attached hydrogens (tertiary/aromatic N) is 1. The monoisotopic (exact) mass is 378 g/mol. The predicted octanol–water partition coefficient (Wildman–Crippen LogP) is 4.25. The summed E-state index contributed by atoms with van der Waals surface area (Å²) >= 11 is 7.46. The van der Waals surface area contributed by atoms with Crippen molar-refractivity contribution in [3.63, 3.8) is 0 Å². The molecule has 0 saturated carbocycles. The fourth-order valence-corrected chi connectivity index (χ4v) is 4.81. The molecule has 0 amide bonds. The summed E-state index contributed by atoms with van der Waals surface area (Å²) in [7, 11) is -3.66. The third kappa shape index (κ3) is 3.67. The van der Waals surface area contributed by atoms with E-state index in [9.17, 15) is 8.42 Å². The van der Waals surface area contributed by atoms with Crippen molar-refractivity contribution in [2.45, 2.75) is 18.4 Å². The number of halogens is 1. The third-order valence-electron chi connectivity index (χ3n) is 3.46. The molecule has 0 fully saturated rings. The highest BCUT2D eigenvalue weighted by Crippen LogP contribution is 2.28. The topological polar surface area (TPSA) is 59.1 Å². The first-order valence-electron chi connectivity index (χ1n) is 7.23. The zero-order valence-electron chi connectivity index (χ0n) is 12.9. The molecule has 0 spiro atoms. The molecule has 0 aliphatic heterocycles. The van der Waals surface area contributed by atoms with Crippen molar-refractivity contribution in [1.29, 1.82) is 0 Å². The lowest BCUT2D eigenvalue weighted by molar-refractivity contribution is 0.581. The van der Waals surface area contributed by atoms with Gasteiger partial charge in [-0.15, -0.1) is 11.3 Å². The molecule has 4 nitrogen and oxygen atoms in total. The zero-order valence-corrected chi connectivity index (χ0v) is 15.3. The molecule has 1 aromatic heterocycles. The van der Waals surface area contributed by atoms with Crippen molar-refractivity contribution in [1.82, 2.24) is 9.71 Å². The normalized spacial score (nSPS) is 11.6. The van der Waals surface area contributed by atoms with Gasteiger partial charge in [0.2, 0.25) is 10.0 Å². The Bertz CT molecular complexity index is 954. The van der Waals surface area contributed by atoms with Crippen LogP contribution >= 0.6 is 22.9 Å². The highest BCUT2D eigenvalue weighted by molar-refractivity contribution is 7.89. The molecule has 0 atom stereocenters. The number of rotatable bonds is 5. The molecular weight excluding hydrogens is 364 g/mol. The van der Waals surface area contributed by atoms with Crippen molar-refractivity contribution < 1.29 is 8.42 Å². The number of hydrogen-bond acceptors (Lipinski definition) is 4. The molecule has 0 radical (unpaired) electrons. The van der Waals surface area contributed by atoms with Crippen LogP contribution in [0, 0.1) is 6.92 Å². The first-order valence-corrected chi connectivity index (χ1v) is 9.91. The van der Waals surface area contributed by atoms with Crippen LogP contribution in [0.4, 0.5) is 0 Å². The molecule has 1 heterocycles. The van der Waals surface area contributed by atoms with Gasteiger partial charge < -0.3 is 0 Å². The van der Waals surface area contributed by atoms with E-state index >= 15 is 0 Å². The van der Waals surface area contributed by atoms with E-state index in [1.807, 2.05) is 37.3 Å². The number of aryl methyl sites for hydroxylation is 1. The maximum absolute atomic E-state index is 12.4. The third-order valence-corrected chi connectivity index (χ3v) is 6.57. The molecular formula is C17H15ClN2O2S2. The quantitative estimate of drug-likeness (QED) is 0.722. The largest absolute Gasteiger partial charge is 0.242 e. The second kappa shape index (κ2) is 7.03. The molecule has 3 rings (SSSR count). The van der Waals surface area contributed by atoms with E-state index in [1.165, 1.54) is 17.4 Å². The molecule has 0 unspecified atom stereocenters. The van der Waals surface area contributed by atoms with Crippen LogP contribution in [0.1, 0.15) is 10.6 Å². The average Bonchev–Trinajstić information content (AvgIpc) is 2.95. The van der Waals surface area contributed by atoms with E-state index in [0.29, 0.717) is 0 Å². The first kappa shape index (κ1) is 17.1. The van der Waals surface area contributed by atoms with Gasteiger partial charge in [-0.2, -0.15) is 0 Å². The van der Waals surface area contributed by atoms with E-state index < -0.39 is 10.0 Å². The van der Waals surface area contributed by atoms with Gasteiger partial charge in [-0.3, -0.25) is 0 Å². The van der Waals surface area contributed by atoms with Gasteiger partial charge in [0.1, 0.15) is 9.90 Å². The van der Waals surface area contributed by atoms with Gasteiger partial charge in [-0.05, 0) is 19.1 Å². The Balaban J connectivity index is 1.80. The van der Waals surface area contributed by atoms with E-state index in [0.717, 1.165) is 21.1 Å². The van der Waals surface area contributed by atoms with Crippen molar-refractivity contribution in [2.24, 2.45) is 0 Å². The Labute approximate surface area is 150 Å². The maximum Gasteiger partial charge on any atom is 0.242 e. The van der Waals surface area contributed by atoms with Gasteiger partial charge in [0.25, 0.3) is 0 Å². The molecule has 24 heavy (non-hydrogen) atoms. The number of thiazole rings is 1. The Morgan fingerprint density at radius 1 is 1.08 bits per heavy atom. The SMILES string of the molecule is Cc1nc(-c2ccccc2)sc1CNS(=O)(=O)c1ccccc1Cl. The zero-order chi connectivity index (χ0) is 17.2. The number of sulfonamides is 1. The molecule has 7 heteroatoms. The Morgan fingerprint density at radius 2 is 1.75 bits per heavy atom. The van der Waals surface area contributed by atoms with Crippen molar-refractivity contribution >= 4 is 33.0 Å². The summed E-state index contributed by atoms with van der Waals surface area (Å²) in [4.78, 5) is 5.49. The van der Waals surface area contributed by atoms with Crippen LogP contribution in [0.2, 0.25) is 5.02 Å². The Morgan fingerprint density at radius 3 is 2.46 bits per heavy atom. The lowest BCUT2D eigenvalue weighted by Gasteiger charge is -2.07. The molecule has 1 N–H and O–H groups in total. The lowest BCUT2D eigenvalue weighted by Crippen LogP contribution is -2.23. The number of hydrogen-bond donors (Lipinski definition) is 1. The molecule has 2 aromatic carbocycles. The fraction of sp³-hybridized carbons (Fsp3) is 0.118. The van der Waals surface area contributed by atoms with Gasteiger partial charge in [-0.25, -0.2) is 18.1 Å². The van der Waals surface area contributed by atoms with Crippen LogP contribution in [0.5, 0.6) is 0 Å². The van der Waals surface area contributed by atoms with Crippen LogP contribution < -0.4 is 4.72 Å². The van der Waals surface area contributed by atoms with Gasteiger partial charge in [0, 0.05) is 17.0 Å². The maximum atomic E-state index is 12.4. The summed E-state index contributed by atoms with van der Waals surface area (Å²) in [6.45, 7) is 2.06. The molecule has 0 aliphatic rings. The predicted molar refractivity (Wildman–Crippen MR) is 97.8 cm³/mol. The minimum atomic E-state index is -3.66.